The van der Waals surface area contributed by atoms with Gasteiger partial charge in [0.1, 0.15) is 5.69 Å². The Balaban J connectivity index is 1.83. The lowest BCUT2D eigenvalue weighted by molar-refractivity contribution is 0.580. The fourth-order valence-corrected chi connectivity index (χ4v) is 2.41. The molecule has 0 unspecified atom stereocenters. The van der Waals surface area contributed by atoms with Crippen molar-refractivity contribution in [3.05, 3.63) is 48.0 Å². The molecule has 8 nitrogen and oxygen atoms in total. The van der Waals surface area contributed by atoms with Crippen LogP contribution < -0.4 is 5.73 Å². The Kier molecular flexibility index (Phi) is 3.00. The molecule has 0 aliphatic rings. The molecule has 4 aromatic rings. The number of rotatable bonds is 3. The van der Waals surface area contributed by atoms with Crippen LogP contribution in [-0.4, -0.2) is 29.9 Å². The lowest BCUT2D eigenvalue weighted by Crippen LogP contribution is -2.06. The van der Waals surface area contributed by atoms with E-state index in [4.69, 9.17) is 10.2 Å². The first kappa shape index (κ1) is 13.4. The molecular weight excluding hydrogens is 294 g/mol. The standard InChI is InChI=1S/C15H13N7O/c1-9-4-2-5-10(17-9)8-22-14-13(20-21-22)12(18-15(16)19-14)11-6-3-7-23-11/h2-7H,8H2,1H3,(H2,16,18,19). The van der Waals surface area contributed by atoms with E-state index in [-0.39, 0.29) is 5.95 Å². The second-order valence-electron chi connectivity index (χ2n) is 5.10. The summed E-state index contributed by atoms with van der Waals surface area (Å²) in [6.07, 6.45) is 1.57. The minimum atomic E-state index is 0.143. The maximum Gasteiger partial charge on any atom is 0.222 e. The summed E-state index contributed by atoms with van der Waals surface area (Å²) in [5.41, 5.74) is 9.26. The van der Waals surface area contributed by atoms with E-state index in [0.29, 0.717) is 29.2 Å². The minimum Gasteiger partial charge on any atom is -0.463 e. The van der Waals surface area contributed by atoms with E-state index in [0.717, 1.165) is 11.4 Å². The van der Waals surface area contributed by atoms with Gasteiger partial charge in [0.05, 0.1) is 18.5 Å². The van der Waals surface area contributed by atoms with Crippen LogP contribution in [0.15, 0.2) is 41.0 Å². The summed E-state index contributed by atoms with van der Waals surface area (Å²) in [5.74, 6) is 0.717. The van der Waals surface area contributed by atoms with Gasteiger partial charge in [-0.1, -0.05) is 11.3 Å². The van der Waals surface area contributed by atoms with Crippen LogP contribution in [0.3, 0.4) is 0 Å². The molecule has 0 spiro atoms. The SMILES string of the molecule is Cc1cccc(Cn2nnc3c(-c4ccco4)nc(N)nc32)n1. The van der Waals surface area contributed by atoms with Gasteiger partial charge in [-0.25, -0.2) is 9.67 Å². The van der Waals surface area contributed by atoms with Crippen LogP contribution in [-0.2, 0) is 6.54 Å². The topological polar surface area (TPSA) is 109 Å². The molecule has 0 bridgehead atoms. The van der Waals surface area contributed by atoms with Crippen LogP contribution in [0.5, 0.6) is 0 Å². The molecule has 0 radical (unpaired) electrons. The highest BCUT2D eigenvalue weighted by atomic mass is 16.3. The average Bonchev–Trinajstić information content (AvgIpc) is 3.17. The van der Waals surface area contributed by atoms with E-state index in [2.05, 4.69) is 25.3 Å². The molecule has 0 atom stereocenters. The van der Waals surface area contributed by atoms with E-state index < -0.39 is 0 Å². The van der Waals surface area contributed by atoms with Crippen molar-refractivity contribution in [2.75, 3.05) is 5.73 Å². The van der Waals surface area contributed by atoms with Crippen LogP contribution in [0.1, 0.15) is 11.4 Å². The van der Waals surface area contributed by atoms with E-state index in [9.17, 15) is 0 Å². The van der Waals surface area contributed by atoms with Crippen LogP contribution in [0, 0.1) is 6.92 Å². The van der Waals surface area contributed by atoms with E-state index in [1.807, 2.05) is 25.1 Å². The number of furan rings is 1. The summed E-state index contributed by atoms with van der Waals surface area (Å²) in [7, 11) is 0. The number of hydrogen-bond donors (Lipinski definition) is 1. The minimum absolute atomic E-state index is 0.143. The summed E-state index contributed by atoms with van der Waals surface area (Å²) in [4.78, 5) is 12.9. The van der Waals surface area contributed by atoms with Crippen LogP contribution in [0.25, 0.3) is 22.6 Å². The van der Waals surface area contributed by atoms with Crippen molar-refractivity contribution < 1.29 is 4.42 Å². The highest BCUT2D eigenvalue weighted by Gasteiger charge is 2.17. The monoisotopic (exact) mass is 307 g/mol. The molecular formula is C15H13N7O. The molecule has 4 heterocycles. The number of aromatic nitrogens is 6. The van der Waals surface area contributed by atoms with Crippen LogP contribution in [0.4, 0.5) is 5.95 Å². The number of aryl methyl sites for hydroxylation is 1. The smallest absolute Gasteiger partial charge is 0.222 e. The third-order valence-electron chi connectivity index (χ3n) is 3.39. The van der Waals surface area contributed by atoms with Gasteiger partial charge in [-0.05, 0) is 31.2 Å². The molecule has 4 rings (SSSR count). The highest BCUT2D eigenvalue weighted by molar-refractivity contribution is 5.85. The Morgan fingerprint density at radius 3 is 2.83 bits per heavy atom. The summed E-state index contributed by atoms with van der Waals surface area (Å²) < 4.78 is 7.05. The van der Waals surface area contributed by atoms with Gasteiger partial charge in [-0.2, -0.15) is 4.98 Å². The molecule has 0 aliphatic heterocycles. The Bertz CT molecular complexity index is 975. The lowest BCUT2D eigenvalue weighted by atomic mass is 10.3. The summed E-state index contributed by atoms with van der Waals surface area (Å²) in [5, 5.41) is 8.34. The van der Waals surface area contributed by atoms with E-state index >= 15 is 0 Å². The number of fused-ring (bicyclic) bond motifs is 1. The first-order valence-corrected chi connectivity index (χ1v) is 7.04. The van der Waals surface area contributed by atoms with Gasteiger partial charge in [0.25, 0.3) is 0 Å². The second-order valence-corrected chi connectivity index (χ2v) is 5.10. The van der Waals surface area contributed by atoms with Gasteiger partial charge < -0.3 is 10.2 Å². The summed E-state index contributed by atoms with van der Waals surface area (Å²) in [6, 6.07) is 9.40. The number of nitrogens with zero attached hydrogens (tertiary/aromatic N) is 6. The van der Waals surface area contributed by atoms with Gasteiger partial charge in [-0.15, -0.1) is 5.10 Å². The predicted molar refractivity (Wildman–Crippen MR) is 83.3 cm³/mol. The number of anilines is 1. The maximum atomic E-state index is 5.83. The Hall–Kier alpha value is -3.29. The molecule has 8 heteroatoms. The third kappa shape index (κ3) is 2.39. The predicted octanol–water partition coefficient (Wildman–Crippen LogP) is 1.82. The molecule has 0 saturated carbocycles. The Morgan fingerprint density at radius 2 is 2.04 bits per heavy atom. The van der Waals surface area contributed by atoms with Crippen LogP contribution >= 0.6 is 0 Å². The van der Waals surface area contributed by atoms with Gasteiger partial charge in [0.2, 0.25) is 5.95 Å². The summed E-state index contributed by atoms with van der Waals surface area (Å²) >= 11 is 0. The van der Waals surface area contributed by atoms with Gasteiger partial charge in [-0.3, -0.25) is 4.98 Å². The fourth-order valence-electron chi connectivity index (χ4n) is 2.41. The Labute approximate surface area is 131 Å². The van der Waals surface area contributed by atoms with Gasteiger partial charge >= 0.3 is 0 Å². The molecule has 23 heavy (non-hydrogen) atoms. The lowest BCUT2D eigenvalue weighted by Gasteiger charge is -2.03. The Morgan fingerprint density at radius 1 is 1.13 bits per heavy atom. The quantitative estimate of drug-likeness (QED) is 0.614. The van der Waals surface area contributed by atoms with Crippen molar-refractivity contribution in [2.45, 2.75) is 13.5 Å². The maximum absolute atomic E-state index is 5.83. The zero-order valence-electron chi connectivity index (χ0n) is 12.3. The molecule has 4 aromatic heterocycles. The van der Waals surface area contributed by atoms with Crippen molar-refractivity contribution in [1.82, 2.24) is 29.9 Å². The number of pyridine rings is 1. The first-order valence-electron chi connectivity index (χ1n) is 7.04. The molecule has 2 N–H and O–H groups in total. The van der Waals surface area contributed by atoms with Crippen molar-refractivity contribution >= 4 is 17.1 Å². The zero-order chi connectivity index (χ0) is 15.8. The van der Waals surface area contributed by atoms with E-state index in [1.165, 1.54) is 0 Å². The van der Waals surface area contributed by atoms with Crippen molar-refractivity contribution in [3.63, 3.8) is 0 Å². The number of hydrogen-bond acceptors (Lipinski definition) is 7. The first-order chi connectivity index (χ1) is 11.2. The highest BCUT2D eigenvalue weighted by Crippen LogP contribution is 2.25. The fraction of sp³-hybridized carbons (Fsp3) is 0.133. The van der Waals surface area contributed by atoms with Crippen molar-refractivity contribution in [1.29, 1.82) is 0 Å². The molecule has 0 aromatic carbocycles. The largest absolute Gasteiger partial charge is 0.463 e. The normalized spacial score (nSPS) is 11.2. The van der Waals surface area contributed by atoms with Crippen LogP contribution in [0.2, 0.25) is 0 Å². The van der Waals surface area contributed by atoms with Crippen molar-refractivity contribution in [2.24, 2.45) is 0 Å². The number of nitrogen functional groups attached to an aromatic ring is 1. The van der Waals surface area contributed by atoms with Crippen molar-refractivity contribution in [3.8, 4) is 11.5 Å². The molecule has 0 fully saturated rings. The average molecular weight is 307 g/mol. The number of nitrogens with two attached hydrogens (primary N) is 1. The molecule has 114 valence electrons. The van der Waals surface area contributed by atoms with E-state index in [1.54, 1.807) is 23.1 Å². The molecule has 0 amide bonds. The summed E-state index contributed by atoms with van der Waals surface area (Å²) in [6.45, 7) is 2.39. The zero-order valence-corrected chi connectivity index (χ0v) is 12.3. The second kappa shape index (κ2) is 5.16. The van der Waals surface area contributed by atoms with Gasteiger partial charge in [0.15, 0.2) is 16.9 Å². The molecule has 0 aliphatic carbocycles. The third-order valence-corrected chi connectivity index (χ3v) is 3.39. The van der Waals surface area contributed by atoms with Gasteiger partial charge in [0, 0.05) is 5.69 Å². The molecule has 0 saturated heterocycles.